The Morgan fingerprint density at radius 3 is 2.68 bits per heavy atom. The van der Waals surface area contributed by atoms with E-state index in [1.54, 1.807) is 4.68 Å². The van der Waals surface area contributed by atoms with E-state index in [9.17, 15) is 9.59 Å². The molecule has 2 aromatic heterocycles. The van der Waals surface area contributed by atoms with E-state index in [1.165, 1.54) is 18.4 Å². The lowest BCUT2D eigenvalue weighted by atomic mass is 10.0. The zero-order valence-electron chi connectivity index (χ0n) is 13.5. The van der Waals surface area contributed by atoms with Crippen molar-refractivity contribution in [3.05, 3.63) is 16.6 Å². The molecule has 2 heterocycles. The SMILES string of the molecule is COC(=O)C(CC(C)C)NC(=O)c1cc2c(C)nn(C)c2s1. The Hall–Kier alpha value is -1.89. The number of nitrogens with zero attached hydrogens (tertiary/aromatic N) is 2. The molecule has 1 atom stereocenters. The third kappa shape index (κ3) is 3.30. The molecule has 1 unspecified atom stereocenters. The maximum absolute atomic E-state index is 12.4. The number of hydrogen-bond acceptors (Lipinski definition) is 5. The van der Waals surface area contributed by atoms with Gasteiger partial charge >= 0.3 is 5.97 Å². The second-order valence-corrected chi connectivity index (χ2v) is 6.75. The maximum Gasteiger partial charge on any atom is 0.328 e. The molecular weight excluding hydrogens is 302 g/mol. The normalized spacial score (nSPS) is 12.6. The molecule has 2 aromatic rings. The molecule has 0 bridgehead atoms. The van der Waals surface area contributed by atoms with Gasteiger partial charge in [0.1, 0.15) is 10.9 Å². The van der Waals surface area contributed by atoms with E-state index in [2.05, 4.69) is 10.4 Å². The summed E-state index contributed by atoms with van der Waals surface area (Å²) in [5.41, 5.74) is 0.888. The Labute approximate surface area is 133 Å². The third-order valence-electron chi connectivity index (χ3n) is 3.42. The first kappa shape index (κ1) is 16.5. The molecule has 1 amide bonds. The number of hydrogen-bond donors (Lipinski definition) is 1. The van der Waals surface area contributed by atoms with Gasteiger partial charge in [0.05, 0.1) is 17.7 Å². The van der Waals surface area contributed by atoms with Crippen molar-refractivity contribution < 1.29 is 14.3 Å². The largest absolute Gasteiger partial charge is 0.467 e. The van der Waals surface area contributed by atoms with E-state index < -0.39 is 12.0 Å². The summed E-state index contributed by atoms with van der Waals surface area (Å²) in [7, 11) is 3.18. The lowest BCUT2D eigenvalue weighted by molar-refractivity contribution is -0.143. The molecule has 120 valence electrons. The van der Waals surface area contributed by atoms with E-state index in [-0.39, 0.29) is 11.8 Å². The molecule has 0 spiro atoms. The van der Waals surface area contributed by atoms with Crippen LogP contribution in [0.15, 0.2) is 6.07 Å². The van der Waals surface area contributed by atoms with Crippen LogP contribution in [0, 0.1) is 12.8 Å². The van der Waals surface area contributed by atoms with Crippen molar-refractivity contribution in [3.63, 3.8) is 0 Å². The van der Waals surface area contributed by atoms with Crippen LogP contribution in [0.25, 0.3) is 10.2 Å². The second kappa shape index (κ2) is 6.48. The van der Waals surface area contributed by atoms with Crippen LogP contribution >= 0.6 is 11.3 Å². The molecule has 0 aliphatic rings. The number of fused-ring (bicyclic) bond motifs is 1. The fraction of sp³-hybridized carbons (Fsp3) is 0.533. The van der Waals surface area contributed by atoms with Gasteiger partial charge in [-0.2, -0.15) is 5.10 Å². The lowest BCUT2D eigenvalue weighted by Gasteiger charge is -2.17. The summed E-state index contributed by atoms with van der Waals surface area (Å²) in [6, 6.07) is 1.20. The van der Waals surface area contributed by atoms with Crippen molar-refractivity contribution in [2.75, 3.05) is 7.11 Å². The first-order chi connectivity index (χ1) is 10.3. The summed E-state index contributed by atoms with van der Waals surface area (Å²) >= 11 is 1.37. The number of nitrogens with one attached hydrogen (secondary N) is 1. The molecule has 0 fully saturated rings. The summed E-state index contributed by atoms with van der Waals surface area (Å²) in [6.07, 6.45) is 0.546. The number of carbonyl (C=O) groups excluding carboxylic acids is 2. The topological polar surface area (TPSA) is 73.2 Å². The van der Waals surface area contributed by atoms with Gasteiger partial charge in [0.25, 0.3) is 5.91 Å². The van der Waals surface area contributed by atoms with E-state index in [0.717, 1.165) is 15.9 Å². The van der Waals surface area contributed by atoms with Gasteiger partial charge in [0.2, 0.25) is 0 Å². The lowest BCUT2D eigenvalue weighted by Crippen LogP contribution is -2.42. The van der Waals surface area contributed by atoms with Gasteiger partial charge in [0, 0.05) is 12.4 Å². The Balaban J connectivity index is 2.21. The monoisotopic (exact) mass is 323 g/mol. The summed E-state index contributed by atoms with van der Waals surface area (Å²) in [4.78, 5) is 25.7. The number of amides is 1. The van der Waals surface area contributed by atoms with Crippen LogP contribution in [0.1, 0.15) is 35.6 Å². The van der Waals surface area contributed by atoms with Crippen molar-refractivity contribution >= 4 is 33.4 Å². The first-order valence-corrected chi connectivity index (χ1v) is 7.97. The number of esters is 1. The van der Waals surface area contributed by atoms with Gasteiger partial charge in [-0.3, -0.25) is 9.48 Å². The van der Waals surface area contributed by atoms with E-state index in [0.29, 0.717) is 11.3 Å². The summed E-state index contributed by atoms with van der Waals surface area (Å²) in [6.45, 7) is 5.90. The highest BCUT2D eigenvalue weighted by atomic mass is 32.1. The molecule has 1 N–H and O–H groups in total. The molecule has 0 aromatic carbocycles. The van der Waals surface area contributed by atoms with Gasteiger partial charge in [0.15, 0.2) is 0 Å². The minimum absolute atomic E-state index is 0.253. The number of rotatable bonds is 5. The van der Waals surface area contributed by atoms with Crippen LogP contribution < -0.4 is 5.32 Å². The number of methoxy groups -OCH3 is 1. The molecule has 7 heteroatoms. The fourth-order valence-corrected chi connectivity index (χ4v) is 3.40. The number of carbonyl (C=O) groups is 2. The summed E-state index contributed by atoms with van der Waals surface area (Å²) < 4.78 is 6.53. The molecule has 2 rings (SSSR count). The van der Waals surface area contributed by atoms with Crippen molar-refractivity contribution in [1.29, 1.82) is 0 Å². The highest BCUT2D eigenvalue weighted by Gasteiger charge is 2.24. The van der Waals surface area contributed by atoms with Crippen LogP contribution in [0.4, 0.5) is 0 Å². The van der Waals surface area contributed by atoms with Gasteiger partial charge in [-0.15, -0.1) is 11.3 Å². The van der Waals surface area contributed by atoms with E-state index in [4.69, 9.17) is 4.74 Å². The standard InChI is InChI=1S/C15H21N3O3S/c1-8(2)6-11(15(20)21-5)16-13(19)12-7-10-9(3)17-18(4)14(10)22-12/h7-8,11H,6H2,1-5H3,(H,16,19). The number of aromatic nitrogens is 2. The quantitative estimate of drug-likeness (QED) is 0.857. The van der Waals surface area contributed by atoms with Gasteiger partial charge in [-0.25, -0.2) is 4.79 Å². The van der Waals surface area contributed by atoms with Crippen LogP contribution in [-0.2, 0) is 16.6 Å². The molecule has 22 heavy (non-hydrogen) atoms. The first-order valence-electron chi connectivity index (χ1n) is 7.15. The third-order valence-corrected chi connectivity index (χ3v) is 4.62. The average Bonchev–Trinajstić information content (AvgIpc) is 2.99. The fourth-order valence-electron chi connectivity index (χ4n) is 2.37. The number of thiophene rings is 1. The highest BCUT2D eigenvalue weighted by molar-refractivity contribution is 7.20. The minimum Gasteiger partial charge on any atom is -0.467 e. The van der Waals surface area contributed by atoms with Crippen LogP contribution in [-0.4, -0.2) is 34.8 Å². The Morgan fingerprint density at radius 1 is 1.45 bits per heavy atom. The van der Waals surface area contributed by atoms with Crippen LogP contribution in [0.3, 0.4) is 0 Å². The molecule has 0 saturated heterocycles. The molecular formula is C15H21N3O3S. The summed E-state index contributed by atoms with van der Waals surface area (Å²) in [5.74, 6) is -0.393. The van der Waals surface area contributed by atoms with Gasteiger partial charge in [-0.1, -0.05) is 13.8 Å². The Bertz CT molecular complexity index is 668. The minimum atomic E-state index is -0.623. The molecule has 0 radical (unpaired) electrons. The predicted molar refractivity (Wildman–Crippen MR) is 86.1 cm³/mol. The molecule has 6 nitrogen and oxygen atoms in total. The van der Waals surface area contributed by atoms with Crippen LogP contribution in [0.5, 0.6) is 0 Å². The maximum atomic E-state index is 12.4. The van der Waals surface area contributed by atoms with Gasteiger partial charge < -0.3 is 10.1 Å². The number of aryl methyl sites for hydroxylation is 2. The highest BCUT2D eigenvalue weighted by Crippen LogP contribution is 2.27. The van der Waals surface area contributed by atoms with E-state index in [1.807, 2.05) is 33.9 Å². The zero-order valence-corrected chi connectivity index (χ0v) is 14.3. The van der Waals surface area contributed by atoms with Crippen molar-refractivity contribution in [3.8, 4) is 0 Å². The average molecular weight is 323 g/mol. The Morgan fingerprint density at radius 2 is 2.14 bits per heavy atom. The van der Waals surface area contributed by atoms with Gasteiger partial charge in [-0.05, 0) is 25.3 Å². The van der Waals surface area contributed by atoms with E-state index >= 15 is 0 Å². The molecule has 0 aliphatic heterocycles. The smallest absolute Gasteiger partial charge is 0.328 e. The molecule has 0 aliphatic carbocycles. The van der Waals surface area contributed by atoms with Crippen LogP contribution in [0.2, 0.25) is 0 Å². The van der Waals surface area contributed by atoms with Crippen molar-refractivity contribution in [2.24, 2.45) is 13.0 Å². The second-order valence-electron chi connectivity index (χ2n) is 5.72. The Kier molecular flexibility index (Phi) is 4.85. The summed E-state index contributed by atoms with van der Waals surface area (Å²) in [5, 5.41) is 8.05. The van der Waals surface area contributed by atoms with Crippen molar-refractivity contribution in [2.45, 2.75) is 33.2 Å². The van der Waals surface area contributed by atoms with Crippen molar-refractivity contribution in [1.82, 2.24) is 15.1 Å². The predicted octanol–water partition coefficient (Wildman–Crippen LogP) is 2.26. The zero-order chi connectivity index (χ0) is 16.4. The molecule has 0 saturated carbocycles. The number of ether oxygens (including phenoxy) is 1.